The number of aliphatic carboxylic acids is 1. The van der Waals surface area contributed by atoms with Crippen LogP contribution in [0.3, 0.4) is 0 Å². The summed E-state index contributed by atoms with van der Waals surface area (Å²) in [7, 11) is 1.67. The highest BCUT2D eigenvalue weighted by Crippen LogP contribution is 2.30. The number of carbonyl (C=O) groups is 2. The number of amides is 1. The van der Waals surface area contributed by atoms with Crippen LogP contribution in [-0.2, 0) is 16.8 Å². The van der Waals surface area contributed by atoms with E-state index < -0.39 is 12.1 Å². The lowest BCUT2D eigenvalue weighted by atomic mass is 9.86. The van der Waals surface area contributed by atoms with Crippen LogP contribution in [-0.4, -0.2) is 54.3 Å². The number of carbonyl (C=O) groups excluding carboxylic acids is 1. The number of nitrogens with zero attached hydrogens (tertiary/aromatic N) is 1. The molecule has 3 aromatic rings. The standard InChI is InChI=1S/C28H34N2O2S.C2HF3O2/c1-28(2,3)22-10-8-20(9-11-22)19-30-16-14-23(15-17-30)29-27(31)26-13-12-25(33-26)21-6-5-7-24(18-21)32-4;3-2(4,5)1(6)7/h5-13,18,23H,14-17,19H2,1-4H3,(H,29,31);(H,6,7). The van der Waals surface area contributed by atoms with Crippen molar-refractivity contribution in [2.45, 2.75) is 57.8 Å². The smallest absolute Gasteiger partial charge is 0.490 e. The van der Waals surface area contributed by atoms with Gasteiger partial charge in [-0.05, 0) is 59.2 Å². The molecule has 10 heteroatoms. The summed E-state index contributed by atoms with van der Waals surface area (Å²) >= 11 is 1.53. The van der Waals surface area contributed by atoms with E-state index in [0.29, 0.717) is 0 Å². The fraction of sp³-hybridized carbons (Fsp3) is 0.400. The van der Waals surface area contributed by atoms with E-state index >= 15 is 0 Å². The lowest BCUT2D eigenvalue weighted by molar-refractivity contribution is -0.192. The number of benzene rings is 2. The second-order valence-corrected chi connectivity index (χ2v) is 11.8. The molecule has 2 N–H and O–H groups in total. The summed E-state index contributed by atoms with van der Waals surface area (Å²) in [5.74, 6) is -1.90. The number of rotatable bonds is 6. The Balaban J connectivity index is 0.000000559. The zero-order valence-electron chi connectivity index (χ0n) is 23.0. The number of ether oxygens (including phenoxy) is 1. The van der Waals surface area contributed by atoms with Gasteiger partial charge in [0, 0.05) is 30.6 Å². The van der Waals surface area contributed by atoms with E-state index in [-0.39, 0.29) is 17.4 Å². The minimum atomic E-state index is -5.08. The maximum atomic E-state index is 12.8. The lowest BCUT2D eigenvalue weighted by Gasteiger charge is -2.32. The second-order valence-electron chi connectivity index (χ2n) is 10.7. The van der Waals surface area contributed by atoms with Crippen molar-refractivity contribution in [3.63, 3.8) is 0 Å². The van der Waals surface area contributed by atoms with Crippen molar-refractivity contribution in [2.75, 3.05) is 20.2 Å². The zero-order chi connectivity index (χ0) is 29.5. The Bertz CT molecular complexity index is 1280. The molecule has 0 unspecified atom stereocenters. The van der Waals surface area contributed by atoms with Crippen LogP contribution >= 0.6 is 11.3 Å². The van der Waals surface area contributed by atoms with Gasteiger partial charge in [0.2, 0.25) is 0 Å². The first-order chi connectivity index (χ1) is 18.8. The number of methoxy groups -OCH3 is 1. The number of halogens is 3. The van der Waals surface area contributed by atoms with Crippen molar-refractivity contribution < 1.29 is 32.6 Å². The lowest BCUT2D eigenvalue weighted by Crippen LogP contribution is -2.44. The molecule has 0 radical (unpaired) electrons. The van der Waals surface area contributed by atoms with Gasteiger partial charge in [-0.3, -0.25) is 9.69 Å². The summed E-state index contributed by atoms with van der Waals surface area (Å²) in [4.78, 5) is 26.0. The van der Waals surface area contributed by atoms with Crippen LogP contribution in [0.1, 0.15) is 54.4 Å². The Hall–Kier alpha value is -3.37. The van der Waals surface area contributed by atoms with Crippen LogP contribution in [0.5, 0.6) is 5.75 Å². The third kappa shape index (κ3) is 9.09. The molecule has 0 saturated carbocycles. The van der Waals surface area contributed by atoms with Gasteiger partial charge in [-0.15, -0.1) is 11.3 Å². The summed E-state index contributed by atoms with van der Waals surface area (Å²) in [6.45, 7) is 9.72. The minimum Gasteiger partial charge on any atom is -0.497 e. The molecular weight excluding hydrogens is 541 g/mol. The van der Waals surface area contributed by atoms with Gasteiger partial charge in [0.15, 0.2) is 0 Å². The maximum Gasteiger partial charge on any atom is 0.490 e. The molecule has 0 aliphatic carbocycles. The van der Waals surface area contributed by atoms with E-state index in [4.69, 9.17) is 14.6 Å². The quantitative estimate of drug-likeness (QED) is 0.340. The van der Waals surface area contributed by atoms with Crippen molar-refractivity contribution in [1.29, 1.82) is 0 Å². The molecule has 1 aliphatic heterocycles. The Labute approximate surface area is 236 Å². The molecule has 2 heterocycles. The minimum absolute atomic E-state index is 0.0327. The van der Waals surface area contributed by atoms with Gasteiger partial charge in [0.05, 0.1) is 12.0 Å². The SMILES string of the molecule is COc1cccc(-c2ccc(C(=O)NC3CCN(Cc4ccc(C(C)(C)C)cc4)CC3)s2)c1.O=C(O)C(F)(F)F. The van der Waals surface area contributed by atoms with Crippen LogP contribution in [0.25, 0.3) is 10.4 Å². The number of alkyl halides is 3. The van der Waals surface area contributed by atoms with E-state index in [0.717, 1.165) is 53.5 Å². The average molecular weight is 577 g/mol. The Morgan fingerprint density at radius 1 is 1.02 bits per heavy atom. The molecule has 2 aromatic carbocycles. The molecule has 1 saturated heterocycles. The maximum absolute atomic E-state index is 12.8. The molecular formula is C30H35F3N2O4S. The van der Waals surface area contributed by atoms with Gasteiger partial charge in [-0.2, -0.15) is 13.2 Å². The molecule has 1 aromatic heterocycles. The van der Waals surface area contributed by atoms with Crippen LogP contribution in [0, 0.1) is 0 Å². The van der Waals surface area contributed by atoms with E-state index in [1.807, 2.05) is 36.4 Å². The van der Waals surface area contributed by atoms with E-state index in [9.17, 15) is 18.0 Å². The fourth-order valence-corrected chi connectivity index (χ4v) is 5.16. The largest absolute Gasteiger partial charge is 0.497 e. The van der Waals surface area contributed by atoms with Crippen LogP contribution in [0.2, 0.25) is 0 Å². The third-order valence-corrected chi connectivity index (χ3v) is 7.71. The van der Waals surface area contributed by atoms with E-state index in [1.54, 1.807) is 7.11 Å². The molecule has 1 amide bonds. The van der Waals surface area contributed by atoms with Crippen molar-refractivity contribution in [3.05, 3.63) is 76.7 Å². The Kier molecular flexibility index (Phi) is 10.4. The predicted molar refractivity (Wildman–Crippen MR) is 151 cm³/mol. The number of nitrogens with one attached hydrogen (secondary N) is 1. The summed E-state index contributed by atoms with van der Waals surface area (Å²) in [6, 6.07) is 21.1. The number of piperidine rings is 1. The van der Waals surface area contributed by atoms with Crippen LogP contribution in [0.15, 0.2) is 60.7 Å². The van der Waals surface area contributed by atoms with Gasteiger partial charge in [0.1, 0.15) is 5.75 Å². The van der Waals surface area contributed by atoms with Gasteiger partial charge in [-0.25, -0.2) is 4.79 Å². The first-order valence-corrected chi connectivity index (χ1v) is 13.7. The van der Waals surface area contributed by atoms with Crippen molar-refractivity contribution >= 4 is 23.2 Å². The topological polar surface area (TPSA) is 78.9 Å². The summed E-state index contributed by atoms with van der Waals surface area (Å²) < 4.78 is 37.1. The van der Waals surface area contributed by atoms with Crippen LogP contribution < -0.4 is 10.1 Å². The highest BCUT2D eigenvalue weighted by Gasteiger charge is 2.38. The monoisotopic (exact) mass is 576 g/mol. The molecule has 40 heavy (non-hydrogen) atoms. The van der Waals surface area contributed by atoms with Gasteiger partial charge in [-0.1, -0.05) is 57.2 Å². The van der Waals surface area contributed by atoms with Crippen molar-refractivity contribution in [3.8, 4) is 16.2 Å². The summed E-state index contributed by atoms with van der Waals surface area (Å²) in [6.07, 6.45) is -3.11. The molecule has 1 aliphatic rings. The molecule has 0 atom stereocenters. The summed E-state index contributed by atoms with van der Waals surface area (Å²) in [5.41, 5.74) is 3.99. The molecule has 0 bridgehead atoms. The second kappa shape index (κ2) is 13.3. The number of likely N-dealkylation sites (tertiary alicyclic amines) is 1. The van der Waals surface area contributed by atoms with E-state index in [1.165, 1.54) is 22.5 Å². The Morgan fingerprint density at radius 3 is 2.20 bits per heavy atom. The van der Waals surface area contributed by atoms with Gasteiger partial charge >= 0.3 is 12.1 Å². The fourth-order valence-electron chi connectivity index (χ4n) is 4.25. The first kappa shape index (κ1) is 31.2. The number of carboxylic acid groups (broad SMARTS) is 1. The molecule has 0 spiro atoms. The zero-order valence-corrected chi connectivity index (χ0v) is 23.9. The molecule has 216 valence electrons. The van der Waals surface area contributed by atoms with Crippen LogP contribution in [0.4, 0.5) is 13.2 Å². The number of thiophene rings is 1. The Morgan fingerprint density at radius 2 is 1.65 bits per heavy atom. The normalized spacial score (nSPS) is 14.7. The third-order valence-electron chi connectivity index (χ3n) is 6.58. The van der Waals surface area contributed by atoms with Crippen molar-refractivity contribution in [1.82, 2.24) is 10.2 Å². The number of carboxylic acids is 1. The highest BCUT2D eigenvalue weighted by molar-refractivity contribution is 7.17. The van der Waals surface area contributed by atoms with Gasteiger partial charge in [0.25, 0.3) is 5.91 Å². The van der Waals surface area contributed by atoms with Gasteiger partial charge < -0.3 is 15.2 Å². The average Bonchev–Trinajstić information content (AvgIpc) is 3.40. The first-order valence-electron chi connectivity index (χ1n) is 12.9. The molecule has 6 nitrogen and oxygen atoms in total. The number of hydrogen-bond acceptors (Lipinski definition) is 5. The predicted octanol–water partition coefficient (Wildman–Crippen LogP) is 6.75. The molecule has 1 fully saturated rings. The summed E-state index contributed by atoms with van der Waals surface area (Å²) in [5, 5.41) is 10.4. The highest BCUT2D eigenvalue weighted by atomic mass is 32.1. The van der Waals surface area contributed by atoms with Crippen molar-refractivity contribution in [2.24, 2.45) is 0 Å². The van der Waals surface area contributed by atoms with E-state index in [2.05, 4.69) is 55.3 Å². The number of hydrogen-bond donors (Lipinski definition) is 2. The molecule has 4 rings (SSSR count).